The van der Waals surface area contributed by atoms with Crippen molar-refractivity contribution >= 4 is 28.3 Å². The molecule has 0 aromatic carbocycles. The average molecular weight is 330 g/mol. The number of hydrogen-bond donors (Lipinski definition) is 1. The summed E-state index contributed by atoms with van der Waals surface area (Å²) in [6.45, 7) is 6.72. The van der Waals surface area contributed by atoms with E-state index in [0.29, 0.717) is 10.8 Å². The van der Waals surface area contributed by atoms with Crippen LogP contribution in [0.25, 0.3) is 0 Å². The molecule has 0 spiro atoms. The van der Waals surface area contributed by atoms with Gasteiger partial charge in [0.2, 0.25) is 0 Å². The number of nitrogens with one attached hydrogen (secondary N) is 1. The Morgan fingerprint density at radius 1 is 1.32 bits per heavy atom. The fraction of sp³-hybridized carbons (Fsp3) is 0.500. The Bertz CT molecular complexity index is 470. The molecule has 1 aromatic rings. The van der Waals surface area contributed by atoms with Gasteiger partial charge in [0, 0.05) is 12.4 Å². The largest absolute Gasteiger partial charge is 0.444 e. The van der Waals surface area contributed by atoms with Crippen molar-refractivity contribution in [2.45, 2.75) is 38.8 Å². The zero-order valence-corrected chi connectivity index (χ0v) is 12.8. The van der Waals surface area contributed by atoms with Crippen molar-refractivity contribution in [1.29, 1.82) is 0 Å². The van der Waals surface area contributed by atoms with E-state index in [1.54, 1.807) is 20.8 Å². The molecule has 0 aliphatic heterocycles. The summed E-state index contributed by atoms with van der Waals surface area (Å²) in [5, 5.41) is 2.47. The van der Waals surface area contributed by atoms with Gasteiger partial charge in [-0.2, -0.15) is 0 Å². The summed E-state index contributed by atoms with van der Waals surface area (Å²) in [6.07, 6.45) is 2.87. The van der Waals surface area contributed by atoms with Gasteiger partial charge in [-0.25, -0.2) is 14.8 Å². The predicted octanol–water partition coefficient (Wildman–Crippen LogP) is 2.18. The summed E-state index contributed by atoms with van der Waals surface area (Å²) in [7, 11) is 0. The lowest BCUT2D eigenvalue weighted by atomic mass is 10.0. The summed E-state index contributed by atoms with van der Waals surface area (Å²) < 4.78 is 5.79. The third-order valence-corrected chi connectivity index (χ3v) is 2.49. The molecule has 1 aromatic heterocycles. The van der Waals surface area contributed by atoms with E-state index in [9.17, 15) is 9.59 Å². The van der Waals surface area contributed by atoms with Crippen molar-refractivity contribution in [2.24, 2.45) is 0 Å². The van der Waals surface area contributed by atoms with Gasteiger partial charge in [-0.05, 0) is 43.6 Å². The van der Waals surface area contributed by atoms with Crippen molar-refractivity contribution in [3.63, 3.8) is 0 Å². The molecule has 0 radical (unpaired) electrons. The third kappa shape index (κ3) is 4.59. The molecular weight excluding hydrogens is 314 g/mol. The fourth-order valence-corrected chi connectivity index (χ4v) is 1.44. The number of carbonyl (C=O) groups excluding carboxylic acids is 2. The van der Waals surface area contributed by atoms with Crippen LogP contribution < -0.4 is 5.32 Å². The minimum absolute atomic E-state index is 0.191. The van der Waals surface area contributed by atoms with Gasteiger partial charge in [-0.3, -0.25) is 0 Å². The van der Waals surface area contributed by atoms with Gasteiger partial charge in [0.05, 0.1) is 4.47 Å². The van der Waals surface area contributed by atoms with Crippen LogP contribution in [0.3, 0.4) is 0 Å². The monoisotopic (exact) mass is 329 g/mol. The number of amides is 1. The minimum Gasteiger partial charge on any atom is -0.444 e. The molecule has 1 rings (SSSR count). The number of carbonyl (C=O) groups is 2. The molecule has 1 atom stereocenters. The van der Waals surface area contributed by atoms with Gasteiger partial charge in [-0.15, -0.1) is 0 Å². The smallest absolute Gasteiger partial charge is 0.408 e. The molecule has 6 nitrogen and oxygen atoms in total. The summed E-state index contributed by atoms with van der Waals surface area (Å²) in [4.78, 5) is 31.0. The van der Waals surface area contributed by atoms with Crippen LogP contribution in [0.15, 0.2) is 16.9 Å². The molecule has 19 heavy (non-hydrogen) atoms. The van der Waals surface area contributed by atoms with Crippen molar-refractivity contribution in [3.05, 3.63) is 22.7 Å². The first-order chi connectivity index (χ1) is 8.66. The first-order valence-corrected chi connectivity index (χ1v) is 6.41. The lowest BCUT2D eigenvalue weighted by Crippen LogP contribution is -2.48. The van der Waals surface area contributed by atoms with Gasteiger partial charge in [0.25, 0.3) is 0 Å². The molecule has 104 valence electrons. The Hall–Kier alpha value is -1.50. The van der Waals surface area contributed by atoms with Crippen LogP contribution in [-0.4, -0.2) is 27.9 Å². The quantitative estimate of drug-likeness (QED) is 0.859. The Labute approximate surface area is 120 Å². The molecule has 1 heterocycles. The van der Waals surface area contributed by atoms with Gasteiger partial charge < -0.3 is 14.8 Å². The number of alkyl carbamates (subject to hydrolysis) is 1. The maximum absolute atomic E-state index is 11.7. The van der Waals surface area contributed by atoms with Gasteiger partial charge in [0.1, 0.15) is 5.60 Å². The van der Waals surface area contributed by atoms with E-state index in [-0.39, 0.29) is 5.82 Å². The van der Waals surface area contributed by atoms with Crippen LogP contribution in [0.4, 0.5) is 4.79 Å². The molecular formula is C12H16BrN3O3. The van der Waals surface area contributed by atoms with E-state index in [2.05, 4.69) is 31.2 Å². The highest BCUT2D eigenvalue weighted by atomic mass is 79.9. The number of ether oxygens (including phenoxy) is 1. The summed E-state index contributed by atoms with van der Waals surface area (Å²) in [5.74, 6) is 0.191. The Morgan fingerprint density at radius 3 is 2.26 bits per heavy atom. The van der Waals surface area contributed by atoms with E-state index in [1.165, 1.54) is 19.3 Å². The number of aldehydes is 1. The molecule has 0 fully saturated rings. The normalized spacial score (nSPS) is 14.4. The highest BCUT2D eigenvalue weighted by Gasteiger charge is 2.33. The first kappa shape index (κ1) is 15.6. The third-order valence-electron chi connectivity index (χ3n) is 2.08. The second kappa shape index (κ2) is 5.64. The Morgan fingerprint density at radius 2 is 1.84 bits per heavy atom. The second-order valence-corrected chi connectivity index (χ2v) is 6.09. The summed E-state index contributed by atoms with van der Waals surface area (Å²) >= 11 is 3.20. The highest BCUT2D eigenvalue weighted by molar-refractivity contribution is 9.10. The number of hydrogen-bond acceptors (Lipinski definition) is 5. The number of aromatic nitrogens is 2. The lowest BCUT2D eigenvalue weighted by molar-refractivity contribution is -0.113. The van der Waals surface area contributed by atoms with Crippen LogP contribution in [0.1, 0.15) is 33.5 Å². The predicted molar refractivity (Wildman–Crippen MR) is 72.5 cm³/mol. The minimum atomic E-state index is -1.33. The number of rotatable bonds is 3. The molecule has 1 unspecified atom stereocenters. The zero-order valence-electron chi connectivity index (χ0n) is 11.2. The maximum Gasteiger partial charge on any atom is 0.408 e. The summed E-state index contributed by atoms with van der Waals surface area (Å²) in [5.41, 5.74) is -1.97. The molecule has 1 N–H and O–H groups in total. The average Bonchev–Trinajstić information content (AvgIpc) is 2.26. The van der Waals surface area contributed by atoms with Crippen molar-refractivity contribution in [3.8, 4) is 0 Å². The molecule has 0 saturated heterocycles. The zero-order chi connectivity index (χ0) is 14.7. The van der Waals surface area contributed by atoms with Crippen LogP contribution in [0.5, 0.6) is 0 Å². The number of halogens is 1. The van der Waals surface area contributed by atoms with Crippen LogP contribution in [0, 0.1) is 0 Å². The van der Waals surface area contributed by atoms with Crippen LogP contribution in [0.2, 0.25) is 0 Å². The topological polar surface area (TPSA) is 81.2 Å². The molecule has 0 aliphatic rings. The van der Waals surface area contributed by atoms with E-state index in [1.807, 2.05) is 0 Å². The van der Waals surface area contributed by atoms with Crippen molar-refractivity contribution < 1.29 is 14.3 Å². The standard InChI is InChI=1S/C12H16BrN3O3/c1-11(2,3)19-10(18)16-12(4,7-17)9-14-5-8(13)6-15-9/h5-7H,1-4H3,(H,16,18). The summed E-state index contributed by atoms with van der Waals surface area (Å²) in [6, 6.07) is 0. The van der Waals surface area contributed by atoms with Crippen LogP contribution in [-0.2, 0) is 15.1 Å². The molecule has 1 amide bonds. The first-order valence-electron chi connectivity index (χ1n) is 5.62. The molecule has 0 bridgehead atoms. The highest BCUT2D eigenvalue weighted by Crippen LogP contribution is 2.17. The van der Waals surface area contributed by atoms with E-state index < -0.39 is 17.2 Å². The van der Waals surface area contributed by atoms with E-state index in [4.69, 9.17) is 4.74 Å². The SMILES string of the molecule is CC(C)(C)OC(=O)NC(C)(C=O)c1ncc(Br)cn1. The van der Waals surface area contributed by atoms with Gasteiger partial charge >= 0.3 is 6.09 Å². The maximum atomic E-state index is 11.7. The fourth-order valence-electron chi connectivity index (χ4n) is 1.23. The lowest BCUT2D eigenvalue weighted by Gasteiger charge is -2.26. The van der Waals surface area contributed by atoms with Crippen molar-refractivity contribution in [1.82, 2.24) is 15.3 Å². The van der Waals surface area contributed by atoms with E-state index >= 15 is 0 Å². The van der Waals surface area contributed by atoms with Crippen LogP contribution >= 0.6 is 15.9 Å². The Kier molecular flexibility index (Phi) is 4.62. The van der Waals surface area contributed by atoms with E-state index in [0.717, 1.165) is 0 Å². The van der Waals surface area contributed by atoms with Crippen molar-refractivity contribution in [2.75, 3.05) is 0 Å². The molecule has 0 saturated carbocycles. The van der Waals surface area contributed by atoms with Gasteiger partial charge in [0.15, 0.2) is 17.6 Å². The molecule has 0 aliphatic carbocycles. The Balaban J connectivity index is 2.89. The molecule has 7 heteroatoms. The number of nitrogens with zero attached hydrogens (tertiary/aromatic N) is 2. The van der Waals surface area contributed by atoms with Gasteiger partial charge in [-0.1, -0.05) is 0 Å². The second-order valence-electron chi connectivity index (χ2n) is 5.17.